The molecule has 0 spiro atoms. The van der Waals surface area contributed by atoms with Gasteiger partial charge in [0.05, 0.1) is 49.2 Å². The van der Waals surface area contributed by atoms with Gasteiger partial charge in [-0.05, 0) is 85.3 Å². The molecule has 3 aromatic carbocycles. The molecular formula is C46H52N8O6S. The second-order valence-electron chi connectivity index (χ2n) is 17.4. The molecule has 15 heteroatoms. The molecule has 3 aliphatic rings. The van der Waals surface area contributed by atoms with Crippen LogP contribution in [0.4, 0.5) is 9.59 Å². The molecule has 5 heterocycles. The van der Waals surface area contributed by atoms with Crippen molar-refractivity contribution in [2.75, 3.05) is 20.8 Å². The average molecular weight is 845 g/mol. The molecule has 3 fully saturated rings. The Bertz CT molecular complexity index is 2670. The third-order valence-corrected chi connectivity index (χ3v) is 14.1. The smallest absolute Gasteiger partial charge is 0.407 e. The van der Waals surface area contributed by atoms with Crippen LogP contribution in [0.5, 0.6) is 0 Å². The molecule has 2 saturated heterocycles. The van der Waals surface area contributed by atoms with Gasteiger partial charge in [-0.15, -0.1) is 11.3 Å². The van der Waals surface area contributed by atoms with Crippen molar-refractivity contribution in [3.05, 3.63) is 72.4 Å². The zero-order valence-corrected chi connectivity index (χ0v) is 36.1. The SMILES string of the molecule is COC(=O)NC(C(=O)N1CCC[C@H]1c1ncc(-c2ccc3c(c2)sc2cc(-c4ccc5nc([C@@H]6[C@H]7CC[C@H](C7)N6C(=O)[C@@H](NC(=O)OC)C(C)C)[nH]c5c4)ccc23)[nH]1)C(C)C. The van der Waals surface area contributed by atoms with E-state index in [4.69, 9.17) is 19.4 Å². The standard InChI is InChI=1S/C46H52N8O6S/c1-23(2)38(51-45(57)59-5)43(55)53-17-7-8-35(53)41-47-22-34(50-41)27-11-15-31-30-14-10-26(20-36(30)61-37(31)21-27)25-12-16-32-33(19-25)49-42(48-32)40-28-9-13-29(18-28)54(40)44(56)39(24(3)4)52-46(58)60-6/h10-12,14-16,19-24,28-29,35,38-40H,7-9,13,17-18H2,1-6H3,(H,47,50)(H,48,49)(H,51,57)(H,52,58)/t28-,29+,35-,38?,39-,40-/m0/s1. The molecule has 6 atom stereocenters. The predicted molar refractivity (Wildman–Crippen MR) is 235 cm³/mol. The van der Waals surface area contributed by atoms with Gasteiger partial charge in [-0.1, -0.05) is 58.0 Å². The molecule has 1 unspecified atom stereocenters. The number of amides is 4. The fraction of sp³-hybridized carbons (Fsp3) is 0.435. The van der Waals surface area contributed by atoms with Crippen LogP contribution in [0.15, 0.2) is 60.8 Å². The Balaban J connectivity index is 0.950. The lowest BCUT2D eigenvalue weighted by molar-refractivity contribution is -0.139. The fourth-order valence-corrected chi connectivity index (χ4v) is 11.0. The van der Waals surface area contributed by atoms with Crippen LogP contribution in [0.1, 0.15) is 83.5 Å². The van der Waals surface area contributed by atoms with E-state index in [-0.39, 0.29) is 41.8 Å². The van der Waals surface area contributed by atoms with Crippen molar-refractivity contribution >= 4 is 66.5 Å². The summed E-state index contributed by atoms with van der Waals surface area (Å²) in [4.78, 5) is 72.6. The summed E-state index contributed by atoms with van der Waals surface area (Å²) in [6.45, 7) is 8.28. The summed E-state index contributed by atoms with van der Waals surface area (Å²) in [5, 5.41) is 7.86. The Morgan fingerprint density at radius 3 is 2.10 bits per heavy atom. The molecule has 4 N–H and O–H groups in total. The summed E-state index contributed by atoms with van der Waals surface area (Å²) in [5.41, 5.74) is 5.82. The van der Waals surface area contributed by atoms with Crippen LogP contribution in [-0.4, -0.2) is 92.6 Å². The second kappa shape index (κ2) is 16.1. The van der Waals surface area contributed by atoms with Gasteiger partial charge in [0.15, 0.2) is 0 Å². The Morgan fingerprint density at radius 2 is 1.41 bits per heavy atom. The molecule has 14 nitrogen and oxygen atoms in total. The molecule has 2 aliphatic heterocycles. The molecular weight excluding hydrogens is 793 g/mol. The number of carbonyl (C=O) groups is 4. The topological polar surface area (TPSA) is 175 Å². The number of likely N-dealkylation sites (tertiary alicyclic amines) is 2. The Morgan fingerprint density at radius 1 is 0.770 bits per heavy atom. The predicted octanol–water partition coefficient (Wildman–Crippen LogP) is 8.46. The van der Waals surface area contributed by atoms with Gasteiger partial charge in [-0.25, -0.2) is 19.6 Å². The van der Waals surface area contributed by atoms with Gasteiger partial charge in [-0.2, -0.15) is 0 Å². The highest BCUT2D eigenvalue weighted by Gasteiger charge is 2.51. The number of ether oxygens (including phenoxy) is 2. The Hall–Kier alpha value is -5.96. The number of alkyl carbamates (subject to hydrolysis) is 2. The van der Waals surface area contributed by atoms with E-state index < -0.39 is 24.3 Å². The first kappa shape index (κ1) is 40.4. The van der Waals surface area contributed by atoms with E-state index in [2.05, 4.69) is 69.1 Å². The minimum absolute atomic E-state index is 0.0896. The highest BCUT2D eigenvalue weighted by molar-refractivity contribution is 7.25. The van der Waals surface area contributed by atoms with Crippen LogP contribution in [0.3, 0.4) is 0 Å². The largest absolute Gasteiger partial charge is 0.453 e. The van der Waals surface area contributed by atoms with Crippen molar-refractivity contribution in [2.45, 2.75) is 90.0 Å². The third-order valence-electron chi connectivity index (χ3n) is 13.0. The van der Waals surface area contributed by atoms with Gasteiger partial charge in [-0.3, -0.25) is 9.59 Å². The maximum absolute atomic E-state index is 14.1. The average Bonchev–Trinajstić information content (AvgIpc) is 4.12. The van der Waals surface area contributed by atoms with E-state index in [1.54, 1.807) is 11.3 Å². The fourth-order valence-electron chi connectivity index (χ4n) is 9.84. The van der Waals surface area contributed by atoms with E-state index in [1.165, 1.54) is 29.7 Å². The lowest BCUT2D eigenvalue weighted by Crippen LogP contribution is -2.54. The van der Waals surface area contributed by atoms with Gasteiger partial charge in [0, 0.05) is 38.3 Å². The van der Waals surface area contributed by atoms with E-state index in [0.29, 0.717) is 12.5 Å². The summed E-state index contributed by atoms with van der Waals surface area (Å²) in [7, 11) is 2.61. The molecule has 2 bridgehead atoms. The molecule has 1 saturated carbocycles. The van der Waals surface area contributed by atoms with E-state index in [1.807, 2.05) is 49.8 Å². The van der Waals surface area contributed by atoms with Crippen LogP contribution < -0.4 is 10.6 Å². The van der Waals surface area contributed by atoms with Gasteiger partial charge in [0.2, 0.25) is 11.8 Å². The number of imidazole rings is 2. The van der Waals surface area contributed by atoms with Crippen LogP contribution in [0.2, 0.25) is 0 Å². The number of rotatable bonds is 10. The monoisotopic (exact) mass is 844 g/mol. The highest BCUT2D eigenvalue weighted by Crippen LogP contribution is 2.50. The quantitative estimate of drug-likeness (QED) is 0.106. The number of H-pyrrole nitrogens is 2. The molecule has 4 amide bonds. The number of nitrogens with one attached hydrogen (secondary N) is 4. The molecule has 6 aromatic rings. The first-order valence-corrected chi connectivity index (χ1v) is 22.1. The number of fused-ring (bicyclic) bond motifs is 6. The van der Waals surface area contributed by atoms with E-state index in [0.717, 1.165) is 81.9 Å². The van der Waals surface area contributed by atoms with E-state index >= 15 is 0 Å². The van der Waals surface area contributed by atoms with Crippen molar-refractivity contribution in [3.8, 4) is 22.4 Å². The summed E-state index contributed by atoms with van der Waals surface area (Å²) >= 11 is 1.75. The van der Waals surface area contributed by atoms with Crippen LogP contribution in [0.25, 0.3) is 53.6 Å². The number of aromatic nitrogens is 4. The van der Waals surface area contributed by atoms with Crippen molar-refractivity contribution in [2.24, 2.45) is 17.8 Å². The van der Waals surface area contributed by atoms with Gasteiger partial charge >= 0.3 is 12.2 Å². The second-order valence-corrected chi connectivity index (χ2v) is 18.5. The zero-order valence-electron chi connectivity index (χ0n) is 35.3. The number of nitrogens with zero attached hydrogens (tertiary/aromatic N) is 4. The molecule has 1 aliphatic carbocycles. The number of aromatic amines is 2. The summed E-state index contributed by atoms with van der Waals surface area (Å²) in [6, 6.07) is 17.7. The maximum atomic E-state index is 14.1. The lowest BCUT2D eigenvalue weighted by atomic mass is 9.95. The Kier molecular flexibility index (Phi) is 10.7. The molecule has 9 rings (SSSR count). The minimum Gasteiger partial charge on any atom is -0.453 e. The molecule has 318 valence electrons. The third kappa shape index (κ3) is 7.36. The van der Waals surface area contributed by atoms with Crippen molar-refractivity contribution < 1.29 is 28.7 Å². The van der Waals surface area contributed by atoms with Crippen molar-refractivity contribution in [1.29, 1.82) is 0 Å². The Labute approximate surface area is 357 Å². The van der Waals surface area contributed by atoms with Gasteiger partial charge in [0.25, 0.3) is 0 Å². The lowest BCUT2D eigenvalue weighted by Gasteiger charge is -2.37. The zero-order chi connectivity index (χ0) is 42.7. The number of benzene rings is 3. The molecule has 61 heavy (non-hydrogen) atoms. The van der Waals surface area contributed by atoms with Crippen molar-refractivity contribution in [1.82, 2.24) is 40.4 Å². The molecule has 0 radical (unpaired) electrons. The summed E-state index contributed by atoms with van der Waals surface area (Å²) in [6.07, 6.45) is 5.16. The minimum atomic E-state index is -0.691. The number of hydrogen-bond acceptors (Lipinski definition) is 9. The summed E-state index contributed by atoms with van der Waals surface area (Å²) in [5.74, 6) is 1.39. The van der Waals surface area contributed by atoms with Crippen LogP contribution >= 0.6 is 11.3 Å². The number of carbonyl (C=O) groups excluding carboxylic acids is 4. The van der Waals surface area contributed by atoms with Gasteiger partial charge < -0.3 is 39.9 Å². The first-order chi connectivity index (χ1) is 29.4. The number of thiophene rings is 1. The summed E-state index contributed by atoms with van der Waals surface area (Å²) < 4.78 is 12.0. The van der Waals surface area contributed by atoms with Gasteiger partial charge in [0.1, 0.15) is 23.7 Å². The van der Waals surface area contributed by atoms with Crippen LogP contribution in [0, 0.1) is 17.8 Å². The maximum Gasteiger partial charge on any atom is 0.407 e. The number of methoxy groups -OCH3 is 2. The van der Waals surface area contributed by atoms with Crippen LogP contribution in [-0.2, 0) is 19.1 Å². The highest BCUT2D eigenvalue weighted by atomic mass is 32.1. The van der Waals surface area contributed by atoms with E-state index in [9.17, 15) is 19.2 Å². The van der Waals surface area contributed by atoms with Crippen molar-refractivity contribution in [3.63, 3.8) is 0 Å². The number of hydrogen-bond donors (Lipinski definition) is 4. The molecule has 3 aromatic heterocycles. The normalized spacial score (nSPS) is 20.9. The first-order valence-electron chi connectivity index (χ1n) is 21.3. The number of piperidine rings is 1.